The van der Waals surface area contributed by atoms with Gasteiger partial charge in [0.15, 0.2) is 5.96 Å². The Morgan fingerprint density at radius 3 is 2.75 bits per heavy atom. The van der Waals surface area contributed by atoms with Gasteiger partial charge in [-0.15, -0.1) is 0 Å². The third kappa shape index (κ3) is 4.63. The van der Waals surface area contributed by atoms with Gasteiger partial charge in [-0.3, -0.25) is 4.99 Å². The molecule has 1 aliphatic heterocycles. The molecule has 1 N–H and O–H groups in total. The maximum atomic E-state index is 6.06. The lowest BCUT2D eigenvalue weighted by atomic mass is 9.64. The zero-order chi connectivity index (χ0) is 17.6. The summed E-state index contributed by atoms with van der Waals surface area (Å²) >= 11 is 0. The van der Waals surface area contributed by atoms with Gasteiger partial charge in [-0.1, -0.05) is 27.2 Å². The van der Waals surface area contributed by atoms with E-state index in [1.807, 2.05) is 7.05 Å². The van der Waals surface area contributed by atoms with Crippen molar-refractivity contribution in [3.05, 3.63) is 0 Å². The predicted molar refractivity (Wildman–Crippen MR) is 99.5 cm³/mol. The van der Waals surface area contributed by atoms with Crippen LogP contribution in [0.25, 0.3) is 0 Å². The van der Waals surface area contributed by atoms with Gasteiger partial charge < -0.3 is 19.7 Å². The molecule has 0 aromatic rings. The first-order valence-corrected chi connectivity index (χ1v) is 9.70. The minimum Gasteiger partial charge on any atom is -0.381 e. The van der Waals surface area contributed by atoms with Crippen molar-refractivity contribution in [2.75, 3.05) is 40.0 Å². The van der Waals surface area contributed by atoms with Gasteiger partial charge >= 0.3 is 0 Å². The number of ether oxygens (including phenoxy) is 2. The lowest BCUT2D eigenvalue weighted by Crippen LogP contribution is -2.63. The monoisotopic (exact) mass is 339 g/mol. The average molecular weight is 340 g/mol. The van der Waals surface area contributed by atoms with Crippen molar-refractivity contribution in [2.45, 2.75) is 65.5 Å². The molecule has 0 aromatic heterocycles. The molecule has 0 bridgehead atoms. The van der Waals surface area contributed by atoms with E-state index >= 15 is 0 Å². The number of hydrogen-bond donors (Lipinski definition) is 1. The Morgan fingerprint density at radius 2 is 2.12 bits per heavy atom. The van der Waals surface area contributed by atoms with Crippen LogP contribution in [0.15, 0.2) is 4.99 Å². The van der Waals surface area contributed by atoms with Crippen molar-refractivity contribution >= 4 is 5.96 Å². The average Bonchev–Trinajstić information content (AvgIpc) is 3.03. The van der Waals surface area contributed by atoms with E-state index in [0.717, 1.165) is 51.7 Å². The summed E-state index contributed by atoms with van der Waals surface area (Å²) in [4.78, 5) is 6.90. The lowest BCUT2D eigenvalue weighted by Gasteiger charge is -2.52. The minimum absolute atomic E-state index is 0.161. The van der Waals surface area contributed by atoms with E-state index in [2.05, 4.69) is 42.9 Å². The van der Waals surface area contributed by atoms with Gasteiger partial charge in [0.05, 0.1) is 12.7 Å². The van der Waals surface area contributed by atoms with Gasteiger partial charge in [-0.2, -0.15) is 0 Å². The largest absolute Gasteiger partial charge is 0.381 e. The molecule has 2 fully saturated rings. The van der Waals surface area contributed by atoms with Crippen LogP contribution in [0.5, 0.6) is 0 Å². The molecule has 24 heavy (non-hydrogen) atoms. The molecule has 0 radical (unpaired) electrons. The predicted octanol–water partition coefficient (Wildman–Crippen LogP) is 2.90. The van der Waals surface area contributed by atoms with Crippen LogP contribution in [-0.2, 0) is 9.47 Å². The van der Waals surface area contributed by atoms with E-state index in [4.69, 9.17) is 9.47 Å². The summed E-state index contributed by atoms with van der Waals surface area (Å²) in [6.07, 6.45) is 4.98. The van der Waals surface area contributed by atoms with E-state index < -0.39 is 0 Å². The summed E-state index contributed by atoms with van der Waals surface area (Å²) in [5.41, 5.74) is 0.161. The maximum absolute atomic E-state index is 6.06. The number of guanidine groups is 1. The number of nitrogens with one attached hydrogen (secondary N) is 1. The molecule has 1 aliphatic carbocycles. The van der Waals surface area contributed by atoms with Crippen LogP contribution in [0.3, 0.4) is 0 Å². The van der Waals surface area contributed by atoms with E-state index in [-0.39, 0.29) is 5.41 Å². The summed E-state index contributed by atoms with van der Waals surface area (Å²) < 4.78 is 11.6. The zero-order valence-corrected chi connectivity index (χ0v) is 16.3. The topological polar surface area (TPSA) is 46.1 Å². The van der Waals surface area contributed by atoms with Crippen molar-refractivity contribution < 1.29 is 9.47 Å². The highest BCUT2D eigenvalue weighted by Gasteiger charge is 2.49. The van der Waals surface area contributed by atoms with Crippen molar-refractivity contribution in [3.63, 3.8) is 0 Å². The van der Waals surface area contributed by atoms with Gasteiger partial charge in [0, 0.05) is 50.7 Å². The molecular formula is C19H37N3O2. The number of hydrogen-bond acceptors (Lipinski definition) is 3. The van der Waals surface area contributed by atoms with Gasteiger partial charge in [0.2, 0.25) is 0 Å². The quantitative estimate of drug-likeness (QED) is 0.420. The van der Waals surface area contributed by atoms with Gasteiger partial charge in [0.1, 0.15) is 0 Å². The van der Waals surface area contributed by atoms with Crippen LogP contribution >= 0.6 is 0 Å². The Kier molecular flexibility index (Phi) is 7.35. The van der Waals surface area contributed by atoms with E-state index in [1.165, 1.54) is 12.8 Å². The summed E-state index contributed by atoms with van der Waals surface area (Å²) in [7, 11) is 1.89. The Morgan fingerprint density at radius 1 is 1.33 bits per heavy atom. The molecule has 1 heterocycles. The van der Waals surface area contributed by atoms with Crippen LogP contribution in [0, 0.1) is 11.3 Å². The SMILES string of the molecule is CCCCOC1CC(NC(=NC)N2CCC(COCC)C2)C1(C)C. The number of unbranched alkanes of at least 4 members (excludes halogenated alkanes) is 1. The fourth-order valence-corrected chi connectivity index (χ4v) is 3.68. The first-order chi connectivity index (χ1) is 11.5. The Balaban J connectivity index is 1.80. The van der Waals surface area contributed by atoms with E-state index in [9.17, 15) is 0 Å². The molecule has 0 amide bonds. The van der Waals surface area contributed by atoms with Crippen LogP contribution in [0.1, 0.15) is 53.4 Å². The zero-order valence-electron chi connectivity index (χ0n) is 16.3. The van der Waals surface area contributed by atoms with E-state index in [0.29, 0.717) is 18.1 Å². The molecule has 2 rings (SSSR count). The molecule has 0 spiro atoms. The standard InChI is InChI=1S/C19H37N3O2/c1-6-8-11-24-17-12-16(19(17,3)4)21-18(20-5)22-10-9-15(13-22)14-23-7-2/h15-17H,6-14H2,1-5H3,(H,20,21). The second kappa shape index (κ2) is 9.04. The summed E-state index contributed by atoms with van der Waals surface area (Å²) in [6.45, 7) is 13.6. The van der Waals surface area contributed by atoms with Crippen molar-refractivity contribution in [3.8, 4) is 0 Å². The number of aliphatic imine (C=N–C) groups is 1. The van der Waals surface area contributed by atoms with Gasteiger partial charge in [0.25, 0.3) is 0 Å². The highest BCUT2D eigenvalue weighted by atomic mass is 16.5. The summed E-state index contributed by atoms with van der Waals surface area (Å²) in [6, 6.07) is 0.439. The molecule has 5 heteroatoms. The van der Waals surface area contributed by atoms with Crippen LogP contribution in [0.2, 0.25) is 0 Å². The molecule has 5 nitrogen and oxygen atoms in total. The molecule has 140 valence electrons. The molecule has 1 saturated heterocycles. The smallest absolute Gasteiger partial charge is 0.193 e. The van der Waals surface area contributed by atoms with Crippen LogP contribution in [0.4, 0.5) is 0 Å². The second-order valence-electron chi connectivity index (χ2n) is 7.77. The van der Waals surface area contributed by atoms with Crippen LogP contribution in [-0.4, -0.2) is 63.0 Å². The molecule has 2 aliphatic rings. The minimum atomic E-state index is 0.161. The highest BCUT2D eigenvalue weighted by molar-refractivity contribution is 5.80. The maximum Gasteiger partial charge on any atom is 0.193 e. The van der Waals surface area contributed by atoms with Crippen molar-refractivity contribution in [2.24, 2.45) is 16.3 Å². The fourth-order valence-electron chi connectivity index (χ4n) is 3.68. The normalized spacial score (nSPS) is 29.6. The Hall–Kier alpha value is -0.810. The molecule has 0 aromatic carbocycles. The van der Waals surface area contributed by atoms with Crippen molar-refractivity contribution in [1.29, 1.82) is 0 Å². The molecular weight excluding hydrogens is 302 g/mol. The van der Waals surface area contributed by atoms with Gasteiger partial charge in [-0.05, 0) is 26.2 Å². The third-order valence-corrected chi connectivity index (χ3v) is 5.65. The lowest BCUT2D eigenvalue weighted by molar-refractivity contribution is -0.114. The third-order valence-electron chi connectivity index (χ3n) is 5.65. The number of nitrogens with zero attached hydrogens (tertiary/aromatic N) is 2. The van der Waals surface area contributed by atoms with Crippen molar-refractivity contribution in [1.82, 2.24) is 10.2 Å². The first kappa shape index (κ1) is 19.5. The summed E-state index contributed by atoms with van der Waals surface area (Å²) in [5.74, 6) is 1.67. The van der Waals surface area contributed by atoms with E-state index in [1.54, 1.807) is 0 Å². The fraction of sp³-hybridized carbons (Fsp3) is 0.947. The first-order valence-electron chi connectivity index (χ1n) is 9.70. The molecule has 3 atom stereocenters. The second-order valence-corrected chi connectivity index (χ2v) is 7.77. The van der Waals surface area contributed by atoms with Crippen LogP contribution < -0.4 is 5.32 Å². The molecule has 1 saturated carbocycles. The van der Waals surface area contributed by atoms with Gasteiger partial charge in [-0.25, -0.2) is 0 Å². The Bertz CT molecular complexity index is 411. The summed E-state index contributed by atoms with van der Waals surface area (Å²) in [5, 5.41) is 3.69. The number of rotatable bonds is 8. The Labute approximate surface area is 148 Å². The molecule has 3 unspecified atom stereocenters. The highest BCUT2D eigenvalue weighted by Crippen LogP contribution is 2.43. The number of likely N-dealkylation sites (tertiary alicyclic amines) is 1.